The summed E-state index contributed by atoms with van der Waals surface area (Å²) < 4.78 is 3.96. The Kier molecular flexibility index (Phi) is 6.60. The molecule has 0 saturated carbocycles. The van der Waals surface area contributed by atoms with Crippen molar-refractivity contribution in [3.05, 3.63) is 143 Å². The van der Waals surface area contributed by atoms with Crippen molar-refractivity contribution in [1.82, 2.24) is 9.13 Å². The molecule has 0 saturated heterocycles. The lowest BCUT2D eigenvalue weighted by Crippen LogP contribution is -2.00. The van der Waals surface area contributed by atoms with Gasteiger partial charge in [-0.15, -0.1) is 0 Å². The number of nitrogens with zero attached hydrogens (tertiary/aromatic N) is 8. The van der Waals surface area contributed by atoms with Crippen molar-refractivity contribution in [2.75, 3.05) is 0 Å². The van der Waals surface area contributed by atoms with E-state index in [0.29, 0.717) is 44.8 Å². The van der Waals surface area contributed by atoms with Gasteiger partial charge in [-0.2, -0.15) is 31.6 Å². The minimum Gasteiger partial charge on any atom is -0.308 e. The lowest BCUT2D eigenvalue weighted by Gasteiger charge is -2.15. The van der Waals surface area contributed by atoms with Crippen LogP contribution < -0.4 is 0 Å². The van der Waals surface area contributed by atoms with Gasteiger partial charge in [-0.25, -0.2) is 0 Å². The Labute approximate surface area is 285 Å². The molecule has 2 aromatic heterocycles. The molecule has 6 aromatic carbocycles. The molecule has 0 aliphatic rings. The quantitative estimate of drug-likeness (QED) is 0.189. The zero-order valence-corrected chi connectivity index (χ0v) is 26.0. The molecule has 2 heterocycles. The molecular weight excluding hydrogens is 617 g/mol. The van der Waals surface area contributed by atoms with Gasteiger partial charge in [0.2, 0.25) is 0 Å². The maximum absolute atomic E-state index is 10.3. The molecule has 0 spiro atoms. The van der Waals surface area contributed by atoms with Crippen LogP contribution in [0.2, 0.25) is 0 Å². The molecule has 0 atom stereocenters. The zero-order valence-electron chi connectivity index (χ0n) is 26.0. The van der Waals surface area contributed by atoms with Gasteiger partial charge in [0.25, 0.3) is 0 Å². The molecular formula is C42H18N8. The van der Waals surface area contributed by atoms with Crippen LogP contribution in [0.5, 0.6) is 0 Å². The minimum atomic E-state index is 0.430. The molecule has 0 unspecified atom stereocenters. The number of rotatable bonds is 3. The summed E-state index contributed by atoms with van der Waals surface area (Å²) in [7, 11) is 0. The van der Waals surface area contributed by atoms with Crippen molar-refractivity contribution in [2.45, 2.75) is 0 Å². The summed E-state index contributed by atoms with van der Waals surface area (Å²) in [5, 5.41) is 62.2. The first-order chi connectivity index (χ1) is 24.5. The third-order valence-corrected chi connectivity index (χ3v) is 9.10. The van der Waals surface area contributed by atoms with Crippen molar-refractivity contribution in [3.8, 4) is 58.9 Å². The average molecular weight is 635 g/mol. The first kappa shape index (κ1) is 29.3. The number of hydrogen-bond acceptors (Lipinski definition) is 6. The first-order valence-electron chi connectivity index (χ1n) is 15.4. The monoisotopic (exact) mass is 634 g/mol. The Morgan fingerprint density at radius 1 is 0.320 bits per heavy atom. The van der Waals surface area contributed by atoms with Crippen LogP contribution in [0.15, 0.2) is 109 Å². The van der Waals surface area contributed by atoms with Crippen molar-refractivity contribution in [3.63, 3.8) is 0 Å². The van der Waals surface area contributed by atoms with Crippen molar-refractivity contribution >= 4 is 43.6 Å². The summed E-state index contributed by atoms with van der Waals surface area (Å²) in [6.45, 7) is 0. The van der Waals surface area contributed by atoms with Crippen LogP contribution in [0.25, 0.3) is 66.1 Å². The average Bonchev–Trinajstić information content (AvgIpc) is 3.67. The second-order valence-electron chi connectivity index (χ2n) is 11.7. The van der Waals surface area contributed by atoms with Crippen LogP contribution in [0.3, 0.4) is 0 Å². The van der Waals surface area contributed by atoms with E-state index in [1.165, 1.54) is 0 Å². The summed E-state index contributed by atoms with van der Waals surface area (Å²) in [6, 6.07) is 46.1. The standard InChI is InChI=1S/C42H18N8/c43-19-25-1-9-37-33(13-25)34-14-26(20-44)2-10-38(34)49(37)41-17-29(5-7-31(41)23-47)30-6-8-32(24-48)42(18-30)50-39-11-3-27(21-45)15-35(39)36-16-28(22-46)4-12-40(36)50/h1-18H. The van der Waals surface area contributed by atoms with E-state index < -0.39 is 0 Å². The molecule has 0 fully saturated rings. The number of benzene rings is 6. The number of nitriles is 6. The van der Waals surface area contributed by atoms with Gasteiger partial charge in [0.15, 0.2) is 0 Å². The van der Waals surface area contributed by atoms with Gasteiger partial charge in [0, 0.05) is 21.5 Å². The maximum atomic E-state index is 10.3. The highest BCUT2D eigenvalue weighted by Gasteiger charge is 2.20. The second kappa shape index (κ2) is 11.3. The van der Waals surface area contributed by atoms with Gasteiger partial charge in [-0.3, -0.25) is 0 Å². The van der Waals surface area contributed by atoms with Gasteiger partial charge in [0.05, 0.1) is 91.1 Å². The van der Waals surface area contributed by atoms with E-state index in [-0.39, 0.29) is 0 Å². The first-order valence-corrected chi connectivity index (χ1v) is 15.4. The van der Waals surface area contributed by atoms with Crippen molar-refractivity contribution < 1.29 is 0 Å². The van der Waals surface area contributed by atoms with Crippen molar-refractivity contribution in [1.29, 1.82) is 31.6 Å². The van der Waals surface area contributed by atoms with Crippen LogP contribution in [-0.2, 0) is 0 Å². The molecule has 0 N–H and O–H groups in total. The number of aromatic nitrogens is 2. The van der Waals surface area contributed by atoms with E-state index in [1.807, 2.05) is 57.7 Å². The Morgan fingerprint density at radius 2 is 0.620 bits per heavy atom. The largest absolute Gasteiger partial charge is 0.308 e. The predicted octanol–water partition coefficient (Wildman–Crippen LogP) is 8.78. The molecule has 0 radical (unpaired) electrons. The van der Waals surface area contributed by atoms with Gasteiger partial charge >= 0.3 is 0 Å². The van der Waals surface area contributed by atoms with E-state index in [2.05, 4.69) is 36.4 Å². The number of hydrogen-bond donors (Lipinski definition) is 0. The third kappa shape index (κ3) is 4.33. The summed E-state index contributed by atoms with van der Waals surface area (Å²) in [6.07, 6.45) is 0. The summed E-state index contributed by atoms with van der Waals surface area (Å²) >= 11 is 0. The minimum absolute atomic E-state index is 0.430. The molecule has 8 rings (SSSR count). The highest BCUT2D eigenvalue weighted by molar-refractivity contribution is 6.11. The highest BCUT2D eigenvalue weighted by Crippen LogP contribution is 2.38. The lowest BCUT2D eigenvalue weighted by atomic mass is 9.99. The van der Waals surface area contributed by atoms with Crippen molar-refractivity contribution in [2.24, 2.45) is 0 Å². The molecule has 0 aliphatic carbocycles. The summed E-state index contributed by atoms with van der Waals surface area (Å²) in [4.78, 5) is 0. The topological polar surface area (TPSA) is 153 Å². The van der Waals surface area contributed by atoms with Gasteiger partial charge in [-0.05, 0) is 108 Å². The lowest BCUT2D eigenvalue weighted by molar-refractivity contribution is 1.16. The number of fused-ring (bicyclic) bond motifs is 6. The van der Waals surface area contributed by atoms with E-state index in [0.717, 1.165) is 54.7 Å². The third-order valence-electron chi connectivity index (χ3n) is 9.10. The Hall–Kier alpha value is -8.14. The van der Waals surface area contributed by atoms with Crippen LogP contribution in [0.1, 0.15) is 33.4 Å². The predicted molar refractivity (Wildman–Crippen MR) is 189 cm³/mol. The molecule has 226 valence electrons. The van der Waals surface area contributed by atoms with Crippen LogP contribution in [0, 0.1) is 68.0 Å². The SMILES string of the molecule is N#Cc1ccc2c(c1)c1cc(C#N)ccc1n2-c1cc(-c2ccc(C#N)c(-n3c4ccc(C#N)cc4c4cc(C#N)ccc43)c2)ccc1C#N. The van der Waals surface area contributed by atoms with E-state index in [4.69, 9.17) is 0 Å². The van der Waals surface area contributed by atoms with Gasteiger partial charge in [-0.1, -0.05) is 12.1 Å². The smallest absolute Gasteiger partial charge is 0.101 e. The zero-order chi connectivity index (χ0) is 34.5. The maximum Gasteiger partial charge on any atom is 0.101 e. The molecule has 0 bridgehead atoms. The fourth-order valence-electron chi connectivity index (χ4n) is 6.83. The molecule has 8 nitrogen and oxygen atoms in total. The molecule has 50 heavy (non-hydrogen) atoms. The Morgan fingerprint density at radius 3 is 0.880 bits per heavy atom. The van der Waals surface area contributed by atoms with Gasteiger partial charge in [0.1, 0.15) is 12.1 Å². The van der Waals surface area contributed by atoms with Crippen LogP contribution >= 0.6 is 0 Å². The molecule has 0 aliphatic heterocycles. The van der Waals surface area contributed by atoms with E-state index >= 15 is 0 Å². The van der Waals surface area contributed by atoms with E-state index in [9.17, 15) is 31.6 Å². The highest BCUT2D eigenvalue weighted by atomic mass is 15.0. The fraction of sp³-hybridized carbons (Fsp3) is 0. The molecule has 8 heteroatoms. The molecule has 8 aromatic rings. The Bertz CT molecular complexity index is 2710. The van der Waals surface area contributed by atoms with Crippen LogP contribution in [0.4, 0.5) is 0 Å². The van der Waals surface area contributed by atoms with E-state index in [1.54, 1.807) is 60.7 Å². The summed E-state index contributed by atoms with van der Waals surface area (Å²) in [5.74, 6) is 0. The second-order valence-corrected chi connectivity index (χ2v) is 11.7. The van der Waals surface area contributed by atoms with Gasteiger partial charge < -0.3 is 9.13 Å². The molecule has 0 amide bonds. The Balaban J connectivity index is 1.39. The fourth-order valence-corrected chi connectivity index (χ4v) is 6.83. The van der Waals surface area contributed by atoms with Crippen LogP contribution in [-0.4, -0.2) is 9.13 Å². The summed E-state index contributed by atoms with van der Waals surface area (Å²) in [5.41, 5.74) is 8.73. The normalized spacial score (nSPS) is 10.7.